The molecule has 0 spiro atoms. The third-order valence-electron chi connectivity index (χ3n) is 2.08. The van der Waals surface area contributed by atoms with Crippen LogP contribution in [-0.2, 0) is 4.79 Å². The van der Waals surface area contributed by atoms with Crippen LogP contribution < -0.4 is 10.6 Å². The van der Waals surface area contributed by atoms with Crippen LogP contribution >= 0.6 is 12.2 Å². The van der Waals surface area contributed by atoms with Crippen LogP contribution in [0, 0.1) is 10.1 Å². The molecule has 18 heavy (non-hydrogen) atoms. The van der Waals surface area contributed by atoms with Crippen molar-refractivity contribution in [3.63, 3.8) is 0 Å². The fourth-order valence-corrected chi connectivity index (χ4v) is 1.53. The first-order chi connectivity index (χ1) is 8.54. The topological polar surface area (TPSA) is 84.3 Å². The van der Waals surface area contributed by atoms with Crippen molar-refractivity contribution in [3.05, 3.63) is 34.4 Å². The number of hydrogen-bond donors (Lipinski definition) is 2. The van der Waals surface area contributed by atoms with Crippen LogP contribution in [0.25, 0.3) is 0 Å². The molecular formula is C11H13N3O3S. The monoisotopic (exact) mass is 267 g/mol. The molecule has 0 aliphatic heterocycles. The van der Waals surface area contributed by atoms with Crippen LogP contribution in [0.1, 0.15) is 19.8 Å². The number of anilines is 1. The van der Waals surface area contributed by atoms with E-state index >= 15 is 0 Å². The molecule has 7 heteroatoms. The van der Waals surface area contributed by atoms with Gasteiger partial charge in [0.15, 0.2) is 5.11 Å². The first kappa shape index (κ1) is 14.0. The van der Waals surface area contributed by atoms with Gasteiger partial charge in [0.05, 0.1) is 4.92 Å². The molecule has 0 aromatic heterocycles. The summed E-state index contributed by atoms with van der Waals surface area (Å²) < 4.78 is 0. The Bertz CT molecular complexity index is 476. The number of nitrogens with one attached hydrogen (secondary N) is 2. The number of nitro benzene ring substituents is 1. The van der Waals surface area contributed by atoms with E-state index in [-0.39, 0.29) is 22.4 Å². The highest BCUT2D eigenvalue weighted by molar-refractivity contribution is 7.80. The van der Waals surface area contributed by atoms with Crippen molar-refractivity contribution >= 4 is 34.6 Å². The zero-order valence-corrected chi connectivity index (χ0v) is 10.6. The number of rotatable bonds is 4. The summed E-state index contributed by atoms with van der Waals surface area (Å²) in [6, 6.07) is 6.09. The molecule has 0 heterocycles. The number of hydrogen-bond acceptors (Lipinski definition) is 4. The maximum Gasteiger partial charge on any atom is 0.292 e. The summed E-state index contributed by atoms with van der Waals surface area (Å²) in [7, 11) is 0. The Hall–Kier alpha value is -2.02. The van der Waals surface area contributed by atoms with Gasteiger partial charge in [-0.05, 0) is 24.7 Å². The molecule has 6 nitrogen and oxygen atoms in total. The minimum atomic E-state index is -0.515. The SMILES string of the molecule is CCCC(=O)NC(=S)Nc1ccccc1[N+](=O)[O-]. The smallest absolute Gasteiger partial charge is 0.292 e. The van der Waals surface area contributed by atoms with E-state index in [4.69, 9.17) is 12.2 Å². The molecule has 1 aromatic carbocycles. The molecule has 0 saturated carbocycles. The highest BCUT2D eigenvalue weighted by atomic mass is 32.1. The Morgan fingerprint density at radius 3 is 2.72 bits per heavy atom. The van der Waals surface area contributed by atoms with E-state index in [2.05, 4.69) is 10.6 Å². The Balaban J connectivity index is 2.70. The molecule has 1 rings (SSSR count). The van der Waals surface area contributed by atoms with Crippen LogP contribution in [0.5, 0.6) is 0 Å². The van der Waals surface area contributed by atoms with Gasteiger partial charge < -0.3 is 10.6 Å². The number of benzene rings is 1. The summed E-state index contributed by atoms with van der Waals surface area (Å²) in [6.45, 7) is 1.87. The number of nitro groups is 1. The van der Waals surface area contributed by atoms with Crippen molar-refractivity contribution in [2.75, 3.05) is 5.32 Å². The molecule has 0 fully saturated rings. The Labute approximate surface area is 110 Å². The molecule has 0 saturated heterocycles. The molecule has 96 valence electrons. The van der Waals surface area contributed by atoms with Gasteiger partial charge in [-0.25, -0.2) is 0 Å². The molecule has 1 aromatic rings. The number of thiocarbonyl (C=S) groups is 1. The van der Waals surface area contributed by atoms with Crippen molar-refractivity contribution in [3.8, 4) is 0 Å². The van der Waals surface area contributed by atoms with Crippen molar-refractivity contribution in [2.24, 2.45) is 0 Å². The molecule has 1 amide bonds. The quantitative estimate of drug-likeness (QED) is 0.496. The van der Waals surface area contributed by atoms with Crippen molar-refractivity contribution < 1.29 is 9.72 Å². The highest BCUT2D eigenvalue weighted by Gasteiger charge is 2.13. The third kappa shape index (κ3) is 4.10. The third-order valence-corrected chi connectivity index (χ3v) is 2.28. The second kappa shape index (κ2) is 6.65. The van der Waals surface area contributed by atoms with Gasteiger partial charge in [-0.2, -0.15) is 0 Å². The van der Waals surface area contributed by atoms with Gasteiger partial charge in [0, 0.05) is 12.5 Å². The predicted molar refractivity (Wildman–Crippen MR) is 72.4 cm³/mol. The van der Waals surface area contributed by atoms with E-state index in [9.17, 15) is 14.9 Å². The van der Waals surface area contributed by atoms with Gasteiger partial charge in [-0.3, -0.25) is 14.9 Å². The molecule has 0 aliphatic rings. The van der Waals surface area contributed by atoms with E-state index in [1.54, 1.807) is 12.1 Å². The average Bonchev–Trinajstić information content (AvgIpc) is 2.29. The van der Waals surface area contributed by atoms with Crippen molar-refractivity contribution in [2.45, 2.75) is 19.8 Å². The lowest BCUT2D eigenvalue weighted by Crippen LogP contribution is -2.33. The van der Waals surface area contributed by atoms with E-state index in [1.165, 1.54) is 12.1 Å². The zero-order valence-electron chi connectivity index (χ0n) is 9.80. The summed E-state index contributed by atoms with van der Waals surface area (Å²) in [4.78, 5) is 21.5. The molecule has 0 bridgehead atoms. The summed E-state index contributed by atoms with van der Waals surface area (Å²) in [5.74, 6) is -0.214. The average molecular weight is 267 g/mol. The van der Waals surface area contributed by atoms with E-state index in [0.29, 0.717) is 12.8 Å². The molecule has 0 unspecified atom stereocenters. The lowest BCUT2D eigenvalue weighted by atomic mass is 10.3. The predicted octanol–water partition coefficient (Wildman–Crippen LogP) is 2.21. The number of carbonyl (C=O) groups is 1. The number of amides is 1. The Morgan fingerprint density at radius 1 is 1.44 bits per heavy atom. The van der Waals surface area contributed by atoms with Crippen LogP contribution in [0.15, 0.2) is 24.3 Å². The minimum absolute atomic E-state index is 0.0581. The zero-order chi connectivity index (χ0) is 13.5. The number of para-hydroxylation sites is 2. The van der Waals surface area contributed by atoms with Crippen LogP contribution in [0.4, 0.5) is 11.4 Å². The fraction of sp³-hybridized carbons (Fsp3) is 0.273. The largest absolute Gasteiger partial charge is 0.327 e. The molecule has 0 radical (unpaired) electrons. The van der Waals surface area contributed by atoms with Crippen LogP contribution in [0.2, 0.25) is 0 Å². The number of nitrogens with zero attached hydrogens (tertiary/aromatic N) is 1. The van der Waals surface area contributed by atoms with E-state index in [0.717, 1.165) is 0 Å². The van der Waals surface area contributed by atoms with Gasteiger partial charge >= 0.3 is 0 Å². The van der Waals surface area contributed by atoms with Gasteiger partial charge in [0.1, 0.15) is 5.69 Å². The van der Waals surface area contributed by atoms with Gasteiger partial charge in [0.2, 0.25) is 5.91 Å². The maximum atomic E-state index is 11.3. The Kier molecular flexibility index (Phi) is 5.19. The maximum absolute atomic E-state index is 11.3. The molecule has 0 aliphatic carbocycles. The standard InChI is InChI=1S/C11H13N3O3S/c1-2-5-10(15)13-11(18)12-8-6-3-4-7-9(8)14(16)17/h3-4,6-7H,2,5H2,1H3,(H2,12,13,15,18). The number of carbonyl (C=O) groups excluding carboxylic acids is 1. The minimum Gasteiger partial charge on any atom is -0.327 e. The first-order valence-corrected chi connectivity index (χ1v) is 5.79. The highest BCUT2D eigenvalue weighted by Crippen LogP contribution is 2.22. The summed E-state index contributed by atoms with van der Waals surface area (Å²) in [5, 5.41) is 15.9. The summed E-state index contributed by atoms with van der Waals surface area (Å²) in [5.41, 5.74) is 0.161. The van der Waals surface area contributed by atoms with E-state index < -0.39 is 4.92 Å². The fourth-order valence-electron chi connectivity index (χ4n) is 1.31. The molecular weight excluding hydrogens is 254 g/mol. The van der Waals surface area contributed by atoms with Gasteiger partial charge in [-0.15, -0.1) is 0 Å². The second-order valence-corrected chi connectivity index (χ2v) is 3.93. The molecule has 2 N–H and O–H groups in total. The van der Waals surface area contributed by atoms with Crippen molar-refractivity contribution in [1.82, 2.24) is 5.32 Å². The normalized spacial score (nSPS) is 9.61. The van der Waals surface area contributed by atoms with Crippen LogP contribution in [-0.4, -0.2) is 15.9 Å². The van der Waals surface area contributed by atoms with E-state index in [1.807, 2.05) is 6.92 Å². The van der Waals surface area contributed by atoms with Gasteiger partial charge in [-0.1, -0.05) is 19.1 Å². The van der Waals surface area contributed by atoms with Gasteiger partial charge in [0.25, 0.3) is 5.69 Å². The summed E-state index contributed by atoms with van der Waals surface area (Å²) in [6.07, 6.45) is 1.07. The lowest BCUT2D eigenvalue weighted by Gasteiger charge is -2.09. The Morgan fingerprint density at radius 2 is 2.11 bits per heavy atom. The second-order valence-electron chi connectivity index (χ2n) is 3.53. The molecule has 0 atom stereocenters. The lowest BCUT2D eigenvalue weighted by molar-refractivity contribution is -0.383. The summed E-state index contributed by atoms with van der Waals surface area (Å²) >= 11 is 4.91. The first-order valence-electron chi connectivity index (χ1n) is 5.39. The van der Waals surface area contributed by atoms with Crippen molar-refractivity contribution in [1.29, 1.82) is 0 Å². The van der Waals surface area contributed by atoms with Crippen LogP contribution in [0.3, 0.4) is 0 Å².